The second-order valence-electron chi connectivity index (χ2n) is 6.95. The van der Waals surface area contributed by atoms with Crippen LogP contribution in [0, 0.1) is 6.92 Å². The molecule has 2 rings (SSSR count). The highest BCUT2D eigenvalue weighted by molar-refractivity contribution is 7.91. The Morgan fingerprint density at radius 3 is 2.40 bits per heavy atom. The van der Waals surface area contributed by atoms with Gasteiger partial charge in [-0.15, -0.1) is 4.40 Å². The van der Waals surface area contributed by atoms with Gasteiger partial charge in [-0.1, -0.05) is 17.7 Å². The zero-order valence-corrected chi connectivity index (χ0v) is 19.7. The number of sulfonamides is 1. The Morgan fingerprint density at radius 1 is 1.17 bits per heavy atom. The number of amidine groups is 1. The van der Waals surface area contributed by atoms with Gasteiger partial charge >= 0.3 is 0 Å². The smallest absolute Gasteiger partial charge is 0.257 e. The van der Waals surface area contributed by atoms with Crippen LogP contribution in [0.4, 0.5) is 0 Å². The molecule has 11 heteroatoms. The van der Waals surface area contributed by atoms with E-state index in [2.05, 4.69) is 14.9 Å². The lowest BCUT2D eigenvalue weighted by Crippen LogP contribution is -2.24. The SMILES string of the molecule is CC(=NS(=O)(=O)[C@@H](C)Cc1ccc(Cl)cc1S(C)(=O)=O)N/N=C(\C)c1ccc(C)o1. The largest absolute Gasteiger partial charge is 0.460 e. The summed E-state index contributed by atoms with van der Waals surface area (Å²) in [5.74, 6) is 1.36. The number of halogens is 1. The molecule has 1 N–H and O–H groups in total. The fraction of sp³-hybridized carbons (Fsp3) is 0.368. The first-order valence-electron chi connectivity index (χ1n) is 8.95. The second kappa shape index (κ2) is 9.32. The Balaban J connectivity index is 2.19. The van der Waals surface area contributed by atoms with E-state index in [9.17, 15) is 16.8 Å². The Hall–Kier alpha value is -2.17. The number of nitrogens with one attached hydrogen (secondary N) is 1. The average molecular weight is 474 g/mol. The van der Waals surface area contributed by atoms with Crippen LogP contribution in [0.3, 0.4) is 0 Å². The van der Waals surface area contributed by atoms with Crippen molar-refractivity contribution in [2.75, 3.05) is 6.26 Å². The molecule has 0 fully saturated rings. The minimum atomic E-state index is -3.93. The first-order chi connectivity index (χ1) is 13.8. The molecule has 2 aromatic rings. The molecule has 0 aliphatic rings. The summed E-state index contributed by atoms with van der Waals surface area (Å²) in [6, 6.07) is 7.90. The van der Waals surface area contributed by atoms with Crippen molar-refractivity contribution < 1.29 is 21.3 Å². The molecule has 0 radical (unpaired) electrons. The van der Waals surface area contributed by atoms with Crippen LogP contribution in [-0.2, 0) is 26.3 Å². The lowest BCUT2D eigenvalue weighted by molar-refractivity contribution is 0.525. The van der Waals surface area contributed by atoms with Gasteiger partial charge in [0, 0.05) is 11.3 Å². The van der Waals surface area contributed by atoms with Gasteiger partial charge in [0.25, 0.3) is 10.0 Å². The van der Waals surface area contributed by atoms with E-state index in [1.165, 1.54) is 32.0 Å². The predicted molar refractivity (Wildman–Crippen MR) is 119 cm³/mol. The highest BCUT2D eigenvalue weighted by Crippen LogP contribution is 2.24. The Bertz CT molecular complexity index is 1200. The normalized spacial score (nSPS) is 14.6. The van der Waals surface area contributed by atoms with Gasteiger partial charge < -0.3 is 4.42 Å². The summed E-state index contributed by atoms with van der Waals surface area (Å²) in [6.45, 7) is 6.45. The molecule has 164 valence electrons. The molecule has 1 aromatic heterocycles. The van der Waals surface area contributed by atoms with Gasteiger partial charge in [-0.05, 0) is 63.9 Å². The van der Waals surface area contributed by atoms with Crippen LogP contribution in [-0.4, -0.2) is 39.9 Å². The number of rotatable bonds is 7. The van der Waals surface area contributed by atoms with Crippen LogP contribution in [0.1, 0.15) is 37.9 Å². The molecule has 1 heterocycles. The molecule has 0 unspecified atom stereocenters. The van der Waals surface area contributed by atoms with Gasteiger partial charge in [0.05, 0.1) is 10.1 Å². The maximum Gasteiger partial charge on any atom is 0.257 e. The molecule has 0 saturated carbocycles. The van der Waals surface area contributed by atoms with E-state index in [4.69, 9.17) is 16.0 Å². The number of hydrazone groups is 1. The van der Waals surface area contributed by atoms with E-state index in [0.717, 1.165) is 12.0 Å². The molecular weight excluding hydrogens is 450 g/mol. The minimum Gasteiger partial charge on any atom is -0.460 e. The summed E-state index contributed by atoms with van der Waals surface area (Å²) in [5.41, 5.74) is 3.49. The summed E-state index contributed by atoms with van der Waals surface area (Å²) in [5, 5.41) is 3.37. The standard InChI is InChI=1S/C19H24ClN3O5S2/c1-12-6-9-18(28-12)14(3)21-22-15(4)23-30(26,27)13(2)10-16-7-8-17(20)11-19(16)29(5,24)25/h6-9,11,13H,10H2,1-5H3,(H,22,23)/b21-14+/t13-/m0/s1. The lowest BCUT2D eigenvalue weighted by Gasteiger charge is -2.13. The van der Waals surface area contributed by atoms with E-state index >= 15 is 0 Å². The van der Waals surface area contributed by atoms with E-state index in [0.29, 0.717) is 17.0 Å². The molecular formula is C19H24ClN3O5S2. The highest BCUT2D eigenvalue weighted by Gasteiger charge is 2.24. The first-order valence-corrected chi connectivity index (χ1v) is 12.7. The Kier molecular flexibility index (Phi) is 7.49. The summed E-state index contributed by atoms with van der Waals surface area (Å²) >= 11 is 5.89. The van der Waals surface area contributed by atoms with Gasteiger partial charge in [0.2, 0.25) is 0 Å². The van der Waals surface area contributed by atoms with E-state index < -0.39 is 25.1 Å². The molecule has 0 spiro atoms. The van der Waals surface area contributed by atoms with Crippen molar-refractivity contribution in [1.82, 2.24) is 5.43 Å². The van der Waals surface area contributed by atoms with Crippen molar-refractivity contribution in [2.24, 2.45) is 9.50 Å². The van der Waals surface area contributed by atoms with Crippen molar-refractivity contribution in [1.29, 1.82) is 0 Å². The molecule has 0 bridgehead atoms. The molecule has 30 heavy (non-hydrogen) atoms. The van der Waals surface area contributed by atoms with Crippen molar-refractivity contribution in [2.45, 2.75) is 44.3 Å². The van der Waals surface area contributed by atoms with E-state index in [1.54, 1.807) is 26.0 Å². The lowest BCUT2D eigenvalue weighted by atomic mass is 10.1. The topological polar surface area (TPSA) is 118 Å². The second-order valence-corrected chi connectivity index (χ2v) is 11.4. The first kappa shape index (κ1) is 24.1. The average Bonchev–Trinajstić information content (AvgIpc) is 3.06. The van der Waals surface area contributed by atoms with Crippen molar-refractivity contribution in [3.63, 3.8) is 0 Å². The molecule has 0 amide bonds. The van der Waals surface area contributed by atoms with Gasteiger partial charge in [0.15, 0.2) is 9.84 Å². The van der Waals surface area contributed by atoms with Gasteiger partial charge in [-0.3, -0.25) is 5.43 Å². The van der Waals surface area contributed by atoms with E-state index in [1.807, 2.05) is 0 Å². The van der Waals surface area contributed by atoms with Crippen LogP contribution in [0.25, 0.3) is 0 Å². The minimum absolute atomic E-state index is 0.00448. The number of benzene rings is 1. The maximum atomic E-state index is 12.6. The third kappa shape index (κ3) is 6.41. The molecule has 0 aliphatic heterocycles. The molecule has 1 aromatic carbocycles. The number of furan rings is 1. The molecule has 0 saturated heterocycles. The van der Waals surface area contributed by atoms with Gasteiger partial charge in [-0.2, -0.15) is 5.10 Å². The zero-order valence-electron chi connectivity index (χ0n) is 17.3. The monoisotopic (exact) mass is 473 g/mol. The fourth-order valence-corrected chi connectivity index (χ4v) is 4.81. The number of aryl methyl sites for hydroxylation is 1. The van der Waals surface area contributed by atoms with Gasteiger partial charge in [-0.25, -0.2) is 16.8 Å². The number of nitrogens with zero attached hydrogens (tertiary/aromatic N) is 2. The summed E-state index contributed by atoms with van der Waals surface area (Å²) < 4.78 is 58.5. The fourth-order valence-electron chi connectivity index (χ4n) is 2.61. The summed E-state index contributed by atoms with van der Waals surface area (Å²) in [6.07, 6.45) is 1.01. The molecule has 0 aliphatic carbocycles. The predicted octanol–water partition coefficient (Wildman–Crippen LogP) is 3.34. The highest BCUT2D eigenvalue weighted by atomic mass is 35.5. The number of hydrogen-bond donors (Lipinski definition) is 1. The van der Waals surface area contributed by atoms with Crippen molar-refractivity contribution >= 4 is 43.0 Å². The van der Waals surface area contributed by atoms with Crippen molar-refractivity contribution in [3.8, 4) is 0 Å². The quantitative estimate of drug-likeness (QED) is 0.374. The maximum absolute atomic E-state index is 12.6. The van der Waals surface area contributed by atoms with Crippen LogP contribution >= 0.6 is 11.6 Å². The molecule has 1 atom stereocenters. The van der Waals surface area contributed by atoms with Crippen LogP contribution in [0.2, 0.25) is 5.02 Å². The Morgan fingerprint density at radius 2 is 1.83 bits per heavy atom. The van der Waals surface area contributed by atoms with Crippen LogP contribution < -0.4 is 5.43 Å². The van der Waals surface area contributed by atoms with Crippen LogP contribution in [0.5, 0.6) is 0 Å². The summed E-state index contributed by atoms with van der Waals surface area (Å²) in [7, 11) is -7.50. The molecule has 8 nitrogen and oxygen atoms in total. The van der Waals surface area contributed by atoms with Gasteiger partial charge in [0.1, 0.15) is 23.1 Å². The zero-order chi connectivity index (χ0) is 22.7. The number of hydrogen-bond acceptors (Lipinski definition) is 6. The Labute approximate surface area is 182 Å². The third-order valence-corrected chi connectivity index (χ3v) is 7.32. The van der Waals surface area contributed by atoms with Crippen LogP contribution in [0.15, 0.2) is 49.1 Å². The van der Waals surface area contributed by atoms with E-state index in [-0.39, 0.29) is 22.2 Å². The summed E-state index contributed by atoms with van der Waals surface area (Å²) in [4.78, 5) is 0.00448. The number of sulfone groups is 1. The van der Waals surface area contributed by atoms with Crippen molar-refractivity contribution in [3.05, 3.63) is 52.4 Å². The third-order valence-electron chi connectivity index (χ3n) is 4.19.